The van der Waals surface area contributed by atoms with Crippen LogP contribution in [0, 0.1) is 5.82 Å². The van der Waals surface area contributed by atoms with Crippen LogP contribution in [0.25, 0.3) is 10.8 Å². The molecular formula is C23H16FNO3. The fourth-order valence-electron chi connectivity index (χ4n) is 4.05. The number of anilines is 1. The third kappa shape index (κ3) is 2.59. The van der Waals surface area contributed by atoms with Crippen molar-refractivity contribution in [1.82, 2.24) is 0 Å². The van der Waals surface area contributed by atoms with Crippen LogP contribution in [-0.2, 0) is 14.3 Å². The first-order valence-electron chi connectivity index (χ1n) is 9.09. The second kappa shape index (κ2) is 6.30. The third-order valence-electron chi connectivity index (χ3n) is 5.38. The number of halogens is 1. The molecule has 4 nitrogen and oxygen atoms in total. The molecule has 0 spiro atoms. The van der Waals surface area contributed by atoms with Gasteiger partial charge >= 0.3 is 5.97 Å². The molecule has 0 bridgehead atoms. The van der Waals surface area contributed by atoms with E-state index >= 15 is 0 Å². The van der Waals surface area contributed by atoms with Crippen LogP contribution in [0.15, 0.2) is 78.0 Å². The number of amides is 1. The van der Waals surface area contributed by atoms with Crippen molar-refractivity contribution in [3.63, 3.8) is 0 Å². The molecule has 3 aromatic rings. The van der Waals surface area contributed by atoms with E-state index in [4.69, 9.17) is 4.74 Å². The average molecular weight is 373 g/mol. The number of carbonyl (C=O) groups excluding carboxylic acids is 2. The van der Waals surface area contributed by atoms with E-state index in [1.807, 2.05) is 42.5 Å². The van der Waals surface area contributed by atoms with Crippen LogP contribution in [0.5, 0.6) is 0 Å². The number of hydrogen-bond acceptors (Lipinski definition) is 3. The molecule has 2 aliphatic rings. The predicted molar refractivity (Wildman–Crippen MR) is 103 cm³/mol. The van der Waals surface area contributed by atoms with Gasteiger partial charge in [-0.3, -0.25) is 9.69 Å². The number of ether oxygens (including phenoxy) is 1. The van der Waals surface area contributed by atoms with Gasteiger partial charge in [0.05, 0.1) is 11.3 Å². The Hall–Kier alpha value is -3.47. The van der Waals surface area contributed by atoms with Gasteiger partial charge in [-0.25, -0.2) is 9.18 Å². The molecule has 0 radical (unpaired) electrons. The lowest BCUT2D eigenvalue weighted by Gasteiger charge is -2.32. The highest BCUT2D eigenvalue weighted by atomic mass is 19.1. The van der Waals surface area contributed by atoms with Gasteiger partial charge in [0.15, 0.2) is 0 Å². The van der Waals surface area contributed by atoms with Crippen molar-refractivity contribution >= 4 is 28.3 Å². The summed E-state index contributed by atoms with van der Waals surface area (Å²) in [5, 5.41) is 2.16. The summed E-state index contributed by atoms with van der Waals surface area (Å²) < 4.78 is 18.6. The summed E-state index contributed by atoms with van der Waals surface area (Å²) in [6.07, 6.45) is 0.156. The van der Waals surface area contributed by atoms with Gasteiger partial charge in [0.25, 0.3) is 0 Å². The van der Waals surface area contributed by atoms with Crippen LogP contribution in [-0.4, -0.2) is 18.5 Å². The normalized spacial score (nSPS) is 19.2. The number of cyclic esters (lactones) is 1. The largest absolute Gasteiger partial charge is 0.456 e. The Morgan fingerprint density at radius 3 is 2.46 bits per heavy atom. The van der Waals surface area contributed by atoms with Gasteiger partial charge in [0.1, 0.15) is 12.4 Å². The van der Waals surface area contributed by atoms with Gasteiger partial charge < -0.3 is 4.74 Å². The molecule has 1 atom stereocenters. The summed E-state index contributed by atoms with van der Waals surface area (Å²) in [7, 11) is 0. The van der Waals surface area contributed by atoms with Crippen LogP contribution in [0.4, 0.5) is 10.1 Å². The first-order chi connectivity index (χ1) is 13.6. The summed E-state index contributed by atoms with van der Waals surface area (Å²) in [5.41, 5.74) is 2.51. The zero-order valence-corrected chi connectivity index (χ0v) is 14.9. The SMILES string of the molecule is O=C1OCC2=C1C(c1ccc3ccccc3c1)CC(=O)N2c1ccc(F)cc1. The Balaban J connectivity index is 1.63. The van der Waals surface area contributed by atoms with Gasteiger partial charge in [0, 0.05) is 18.0 Å². The summed E-state index contributed by atoms with van der Waals surface area (Å²) in [5.74, 6) is -1.26. The molecule has 0 saturated heterocycles. The van der Waals surface area contributed by atoms with E-state index in [1.165, 1.54) is 29.2 Å². The Labute approximate surface area is 160 Å². The number of hydrogen-bond donors (Lipinski definition) is 0. The van der Waals surface area contributed by atoms with Gasteiger partial charge in [0.2, 0.25) is 5.91 Å². The Bertz CT molecular complexity index is 1150. The Kier molecular flexibility index (Phi) is 3.76. The van der Waals surface area contributed by atoms with E-state index in [0.29, 0.717) is 17.0 Å². The Morgan fingerprint density at radius 2 is 1.68 bits per heavy atom. The average Bonchev–Trinajstić information content (AvgIpc) is 3.09. The van der Waals surface area contributed by atoms with Gasteiger partial charge in [-0.2, -0.15) is 0 Å². The molecule has 3 aromatic carbocycles. The number of benzene rings is 3. The number of carbonyl (C=O) groups is 2. The lowest BCUT2D eigenvalue weighted by molar-refractivity contribution is -0.136. The highest BCUT2D eigenvalue weighted by Gasteiger charge is 2.42. The molecule has 5 rings (SSSR count). The van der Waals surface area contributed by atoms with Crippen molar-refractivity contribution in [3.8, 4) is 0 Å². The van der Waals surface area contributed by atoms with Crippen LogP contribution < -0.4 is 4.90 Å². The van der Waals surface area contributed by atoms with E-state index in [0.717, 1.165) is 16.3 Å². The number of esters is 1. The molecule has 0 aromatic heterocycles. The minimum Gasteiger partial charge on any atom is -0.456 e. The summed E-state index contributed by atoms with van der Waals surface area (Å²) in [6, 6.07) is 19.6. The van der Waals surface area contributed by atoms with Gasteiger partial charge in [-0.05, 0) is 40.6 Å². The monoisotopic (exact) mass is 373 g/mol. The van der Waals surface area contributed by atoms with E-state index in [-0.39, 0.29) is 30.7 Å². The molecular weight excluding hydrogens is 357 g/mol. The number of fused-ring (bicyclic) bond motifs is 1. The molecule has 0 fully saturated rings. The molecule has 1 amide bonds. The molecule has 28 heavy (non-hydrogen) atoms. The van der Waals surface area contributed by atoms with Crippen LogP contribution >= 0.6 is 0 Å². The molecule has 1 unspecified atom stereocenters. The van der Waals surface area contributed by atoms with Crippen molar-refractivity contribution in [2.45, 2.75) is 12.3 Å². The molecule has 2 aliphatic heterocycles. The zero-order valence-electron chi connectivity index (χ0n) is 14.9. The molecule has 2 heterocycles. The third-order valence-corrected chi connectivity index (χ3v) is 5.38. The minimum atomic E-state index is -0.396. The van der Waals surface area contributed by atoms with Crippen molar-refractivity contribution in [3.05, 3.63) is 89.4 Å². The Morgan fingerprint density at radius 1 is 0.929 bits per heavy atom. The standard InChI is InChI=1S/C23H16FNO3/c24-17-7-9-18(10-8-17)25-20-13-28-23(27)22(20)19(12-21(25)26)16-6-5-14-3-1-2-4-15(14)11-16/h1-11,19H,12-13H2. The highest BCUT2D eigenvalue weighted by Crippen LogP contribution is 2.42. The van der Waals surface area contributed by atoms with Crippen molar-refractivity contribution in [2.24, 2.45) is 0 Å². The molecule has 0 saturated carbocycles. The van der Waals surface area contributed by atoms with Gasteiger partial charge in [-0.1, -0.05) is 42.5 Å². The second-order valence-electron chi connectivity index (χ2n) is 7.01. The number of rotatable bonds is 2. The molecule has 5 heteroatoms. The fourth-order valence-corrected chi connectivity index (χ4v) is 4.05. The van der Waals surface area contributed by atoms with E-state index < -0.39 is 5.97 Å². The first-order valence-corrected chi connectivity index (χ1v) is 9.09. The minimum absolute atomic E-state index is 0.0430. The first kappa shape index (κ1) is 16.7. The zero-order chi connectivity index (χ0) is 19.3. The number of nitrogens with zero attached hydrogens (tertiary/aromatic N) is 1. The summed E-state index contributed by atoms with van der Waals surface area (Å²) in [6.45, 7) is 0.0430. The maximum atomic E-state index is 13.3. The van der Waals surface area contributed by atoms with E-state index in [1.54, 1.807) is 0 Å². The highest BCUT2D eigenvalue weighted by molar-refractivity contribution is 6.06. The quantitative estimate of drug-likeness (QED) is 0.629. The van der Waals surface area contributed by atoms with Crippen LogP contribution in [0.2, 0.25) is 0 Å². The van der Waals surface area contributed by atoms with Crippen molar-refractivity contribution < 1.29 is 18.7 Å². The van der Waals surface area contributed by atoms with Gasteiger partial charge in [-0.15, -0.1) is 0 Å². The molecule has 138 valence electrons. The smallest absolute Gasteiger partial charge is 0.336 e. The van der Waals surface area contributed by atoms with Crippen molar-refractivity contribution in [1.29, 1.82) is 0 Å². The van der Waals surface area contributed by atoms with Crippen LogP contribution in [0.1, 0.15) is 17.9 Å². The topological polar surface area (TPSA) is 46.6 Å². The maximum absolute atomic E-state index is 13.3. The molecule has 0 aliphatic carbocycles. The predicted octanol–water partition coefficient (Wildman–Crippen LogP) is 4.31. The van der Waals surface area contributed by atoms with E-state index in [2.05, 4.69) is 0 Å². The lowest BCUT2D eigenvalue weighted by Crippen LogP contribution is -2.37. The van der Waals surface area contributed by atoms with Crippen LogP contribution in [0.3, 0.4) is 0 Å². The molecule has 0 N–H and O–H groups in total. The lowest BCUT2D eigenvalue weighted by atomic mass is 9.83. The fraction of sp³-hybridized carbons (Fsp3) is 0.130. The summed E-state index contributed by atoms with van der Waals surface area (Å²) in [4.78, 5) is 27.0. The maximum Gasteiger partial charge on any atom is 0.336 e. The van der Waals surface area contributed by atoms with E-state index in [9.17, 15) is 14.0 Å². The second-order valence-corrected chi connectivity index (χ2v) is 7.01. The summed E-state index contributed by atoms with van der Waals surface area (Å²) >= 11 is 0. The van der Waals surface area contributed by atoms with Crippen molar-refractivity contribution in [2.75, 3.05) is 11.5 Å².